The third-order valence-corrected chi connectivity index (χ3v) is 5.41. The van der Waals surface area contributed by atoms with Gasteiger partial charge in [0.05, 0.1) is 35.7 Å². The summed E-state index contributed by atoms with van der Waals surface area (Å²) < 4.78 is 24.9. The molecule has 17 heavy (non-hydrogen) atoms. The van der Waals surface area contributed by atoms with E-state index in [4.69, 9.17) is 0 Å². The minimum Gasteiger partial charge on any atom is -0.390 e. The molecule has 2 heterocycles. The second-order valence-electron chi connectivity index (χ2n) is 4.96. The molecule has 1 aromatic rings. The zero-order valence-electron chi connectivity index (χ0n) is 9.54. The van der Waals surface area contributed by atoms with Crippen molar-refractivity contribution in [3.8, 4) is 0 Å². The molecule has 0 bridgehead atoms. The number of nitrogens with zero attached hydrogens (tertiary/aromatic N) is 2. The first kappa shape index (κ1) is 11.2. The first-order chi connectivity index (χ1) is 8.07. The molecule has 2 unspecified atom stereocenters. The number of imidazole rings is 1. The summed E-state index contributed by atoms with van der Waals surface area (Å²) in [5, 5.41) is 9.87. The van der Waals surface area contributed by atoms with Gasteiger partial charge in [0.1, 0.15) is 0 Å². The normalized spacial score (nSPS) is 31.4. The zero-order valence-corrected chi connectivity index (χ0v) is 10.4. The van der Waals surface area contributed by atoms with Crippen LogP contribution in [-0.4, -0.2) is 40.7 Å². The van der Waals surface area contributed by atoms with Crippen molar-refractivity contribution in [3.63, 3.8) is 0 Å². The van der Waals surface area contributed by atoms with Crippen molar-refractivity contribution < 1.29 is 13.5 Å². The van der Waals surface area contributed by atoms with Crippen molar-refractivity contribution in [1.82, 2.24) is 9.55 Å². The van der Waals surface area contributed by atoms with Gasteiger partial charge in [0, 0.05) is 5.69 Å². The predicted octanol–water partition coefficient (Wildman–Crippen LogP) is 0.0923. The number of hydrogen-bond acceptors (Lipinski definition) is 4. The van der Waals surface area contributed by atoms with Crippen molar-refractivity contribution in [2.24, 2.45) is 0 Å². The Bertz CT molecular complexity index is 535. The molecule has 2 aliphatic rings. The molecular formula is C11H16N2O3S. The minimum atomic E-state index is -3.10. The number of rotatable bonds is 1. The summed E-state index contributed by atoms with van der Waals surface area (Å²) >= 11 is 0. The van der Waals surface area contributed by atoms with Crippen molar-refractivity contribution >= 4 is 9.84 Å². The molecule has 0 radical (unpaired) electrons. The van der Waals surface area contributed by atoms with Crippen molar-refractivity contribution in [1.29, 1.82) is 0 Å². The standard InChI is InChI=1S/C11H16N2O3S/c14-11-6-17(15,16)5-10(11)13-7-12-8-3-1-2-4-9(8)13/h7,10-11,14H,1-6H2. The van der Waals surface area contributed by atoms with Crippen LogP contribution in [-0.2, 0) is 22.7 Å². The topological polar surface area (TPSA) is 72.2 Å². The van der Waals surface area contributed by atoms with Crippen LogP contribution in [0.3, 0.4) is 0 Å². The summed E-state index contributed by atoms with van der Waals surface area (Å²) in [7, 11) is -3.10. The fourth-order valence-corrected chi connectivity index (χ4v) is 4.64. The van der Waals surface area contributed by atoms with Crippen molar-refractivity contribution in [3.05, 3.63) is 17.7 Å². The third kappa shape index (κ3) is 1.89. The molecule has 1 saturated heterocycles. The highest BCUT2D eigenvalue weighted by atomic mass is 32.2. The molecule has 1 aromatic heterocycles. The van der Waals surface area contributed by atoms with Gasteiger partial charge in [-0.2, -0.15) is 0 Å². The minimum absolute atomic E-state index is 0.0387. The Labute approximate surface area is 100 Å². The van der Waals surface area contributed by atoms with E-state index >= 15 is 0 Å². The Balaban J connectivity index is 1.97. The lowest BCUT2D eigenvalue weighted by Crippen LogP contribution is -2.24. The van der Waals surface area contributed by atoms with Gasteiger partial charge in [-0.1, -0.05) is 0 Å². The van der Waals surface area contributed by atoms with Crippen LogP contribution in [0.5, 0.6) is 0 Å². The monoisotopic (exact) mass is 256 g/mol. The Kier molecular flexibility index (Phi) is 2.52. The Morgan fingerprint density at radius 3 is 2.76 bits per heavy atom. The van der Waals surface area contributed by atoms with Crippen molar-refractivity contribution in [2.45, 2.75) is 37.8 Å². The summed E-state index contributed by atoms with van der Waals surface area (Å²) in [6, 6.07) is -0.339. The number of fused-ring (bicyclic) bond motifs is 1. The number of aliphatic hydroxyl groups excluding tert-OH is 1. The Hall–Kier alpha value is -0.880. The van der Waals surface area contributed by atoms with Gasteiger partial charge in [0.15, 0.2) is 9.84 Å². The van der Waals surface area contributed by atoms with Crippen LogP contribution in [0.2, 0.25) is 0 Å². The molecule has 0 spiro atoms. The van der Waals surface area contributed by atoms with E-state index in [-0.39, 0.29) is 17.5 Å². The number of aromatic nitrogens is 2. The van der Waals surface area contributed by atoms with E-state index < -0.39 is 15.9 Å². The fourth-order valence-electron chi connectivity index (χ4n) is 2.85. The molecule has 1 N–H and O–H groups in total. The van der Waals surface area contributed by atoms with Gasteiger partial charge >= 0.3 is 0 Å². The lowest BCUT2D eigenvalue weighted by molar-refractivity contribution is 0.151. The Morgan fingerprint density at radius 1 is 1.29 bits per heavy atom. The summed E-state index contributed by atoms with van der Waals surface area (Å²) in [6.07, 6.45) is 5.09. The highest BCUT2D eigenvalue weighted by Gasteiger charge is 2.38. The average Bonchev–Trinajstić information content (AvgIpc) is 2.79. The van der Waals surface area contributed by atoms with Crippen LogP contribution in [0, 0.1) is 0 Å². The van der Waals surface area contributed by atoms with E-state index in [0.717, 1.165) is 37.1 Å². The second kappa shape index (κ2) is 3.81. The van der Waals surface area contributed by atoms with E-state index in [0.29, 0.717) is 0 Å². The number of aliphatic hydroxyl groups is 1. The highest BCUT2D eigenvalue weighted by molar-refractivity contribution is 7.91. The van der Waals surface area contributed by atoms with E-state index in [2.05, 4.69) is 4.98 Å². The molecule has 94 valence electrons. The first-order valence-corrected chi connectivity index (χ1v) is 7.82. The maximum Gasteiger partial charge on any atom is 0.155 e. The molecule has 0 aromatic carbocycles. The summed E-state index contributed by atoms with van der Waals surface area (Å²) in [5.74, 6) is -0.0818. The first-order valence-electron chi connectivity index (χ1n) is 6.00. The molecule has 3 rings (SSSR count). The van der Waals surface area contributed by atoms with Crippen LogP contribution in [0.4, 0.5) is 0 Å². The quantitative estimate of drug-likeness (QED) is 0.773. The van der Waals surface area contributed by atoms with Crippen LogP contribution >= 0.6 is 0 Å². The molecule has 0 amide bonds. The van der Waals surface area contributed by atoms with Crippen LogP contribution in [0.25, 0.3) is 0 Å². The van der Waals surface area contributed by atoms with Gasteiger partial charge in [0.25, 0.3) is 0 Å². The number of aryl methyl sites for hydroxylation is 1. The lowest BCUT2D eigenvalue weighted by Gasteiger charge is -2.20. The predicted molar refractivity (Wildman–Crippen MR) is 62.6 cm³/mol. The molecule has 2 atom stereocenters. The molecular weight excluding hydrogens is 240 g/mol. The van der Waals surface area contributed by atoms with Gasteiger partial charge in [-0.15, -0.1) is 0 Å². The number of hydrogen-bond donors (Lipinski definition) is 1. The average molecular weight is 256 g/mol. The van der Waals surface area contributed by atoms with Gasteiger partial charge < -0.3 is 9.67 Å². The van der Waals surface area contributed by atoms with Gasteiger partial charge in [0.2, 0.25) is 0 Å². The largest absolute Gasteiger partial charge is 0.390 e. The van der Waals surface area contributed by atoms with Gasteiger partial charge in [-0.05, 0) is 25.7 Å². The molecule has 1 aliphatic carbocycles. The van der Waals surface area contributed by atoms with E-state index in [1.807, 2.05) is 4.57 Å². The van der Waals surface area contributed by atoms with Crippen LogP contribution < -0.4 is 0 Å². The summed E-state index contributed by atoms with van der Waals surface area (Å²) in [5.41, 5.74) is 2.20. The highest BCUT2D eigenvalue weighted by Crippen LogP contribution is 2.29. The maximum atomic E-state index is 11.5. The van der Waals surface area contributed by atoms with Crippen LogP contribution in [0.15, 0.2) is 6.33 Å². The van der Waals surface area contributed by atoms with Crippen LogP contribution in [0.1, 0.15) is 30.3 Å². The molecule has 1 fully saturated rings. The Morgan fingerprint density at radius 2 is 2.06 bits per heavy atom. The molecule has 0 saturated carbocycles. The van der Waals surface area contributed by atoms with Gasteiger partial charge in [-0.25, -0.2) is 13.4 Å². The smallest absolute Gasteiger partial charge is 0.155 e. The van der Waals surface area contributed by atoms with E-state index in [1.165, 1.54) is 0 Å². The molecule has 5 nitrogen and oxygen atoms in total. The zero-order chi connectivity index (χ0) is 12.0. The summed E-state index contributed by atoms with van der Waals surface area (Å²) in [6.45, 7) is 0. The SMILES string of the molecule is O=S1(=O)CC(O)C(n2cnc3c2CCCC3)C1. The summed E-state index contributed by atoms with van der Waals surface area (Å²) in [4.78, 5) is 4.34. The van der Waals surface area contributed by atoms with E-state index in [1.54, 1.807) is 6.33 Å². The second-order valence-corrected chi connectivity index (χ2v) is 7.12. The van der Waals surface area contributed by atoms with E-state index in [9.17, 15) is 13.5 Å². The number of sulfone groups is 1. The molecule has 6 heteroatoms. The van der Waals surface area contributed by atoms with Gasteiger partial charge in [-0.3, -0.25) is 0 Å². The maximum absolute atomic E-state index is 11.5. The molecule has 1 aliphatic heterocycles. The fraction of sp³-hybridized carbons (Fsp3) is 0.727. The third-order valence-electron chi connectivity index (χ3n) is 3.71. The lowest BCUT2D eigenvalue weighted by atomic mass is 10.0. The van der Waals surface area contributed by atoms with Crippen molar-refractivity contribution in [2.75, 3.05) is 11.5 Å².